The predicted octanol–water partition coefficient (Wildman–Crippen LogP) is 0.269. The number of ether oxygens (including phenoxy) is 2. The monoisotopic (exact) mass is 219 g/mol. The van der Waals surface area contributed by atoms with Crippen LogP contribution in [0.4, 0.5) is 0 Å². The van der Waals surface area contributed by atoms with Crippen LogP contribution in [0, 0.1) is 0 Å². The summed E-state index contributed by atoms with van der Waals surface area (Å²) < 4.78 is 9.72. The maximum atomic E-state index is 11.2. The fourth-order valence-electron chi connectivity index (χ4n) is 1.19. The minimum atomic E-state index is -0.182. The Morgan fingerprint density at radius 3 is 2.86 bits per heavy atom. The molecule has 0 aromatic carbocycles. The zero-order valence-electron chi connectivity index (χ0n) is 8.62. The van der Waals surface area contributed by atoms with E-state index in [0.717, 1.165) is 25.4 Å². The Morgan fingerprint density at radius 1 is 1.71 bits per heavy atom. The van der Waals surface area contributed by atoms with E-state index in [2.05, 4.69) is 10.1 Å². The average Bonchev–Trinajstić information content (AvgIpc) is 2.14. The third-order valence-electron chi connectivity index (χ3n) is 2.20. The van der Waals surface area contributed by atoms with Crippen molar-refractivity contribution in [1.82, 2.24) is 5.32 Å². The molecule has 0 aromatic heterocycles. The molecule has 0 saturated carbocycles. The molecule has 0 bridgehead atoms. The number of rotatable bonds is 6. The van der Waals surface area contributed by atoms with Gasteiger partial charge in [0.15, 0.2) is 0 Å². The maximum Gasteiger partial charge on any atom is 0.322 e. The third-order valence-corrected chi connectivity index (χ3v) is 3.42. The maximum absolute atomic E-state index is 11.2. The summed E-state index contributed by atoms with van der Waals surface area (Å²) in [5, 5.41) is 3.57. The van der Waals surface area contributed by atoms with Crippen molar-refractivity contribution in [2.24, 2.45) is 0 Å². The zero-order valence-corrected chi connectivity index (χ0v) is 9.43. The highest BCUT2D eigenvalue weighted by atomic mass is 32.2. The number of carbonyl (C=O) groups is 1. The molecule has 5 heteroatoms. The lowest BCUT2D eigenvalue weighted by molar-refractivity contribution is -0.143. The summed E-state index contributed by atoms with van der Waals surface area (Å²) in [4.78, 5) is 11.2. The Kier molecular flexibility index (Phi) is 5.29. The highest BCUT2D eigenvalue weighted by molar-refractivity contribution is 8.00. The van der Waals surface area contributed by atoms with Crippen LogP contribution in [0.1, 0.15) is 6.42 Å². The Morgan fingerprint density at radius 2 is 2.43 bits per heavy atom. The number of esters is 1. The van der Waals surface area contributed by atoms with Gasteiger partial charge >= 0.3 is 5.97 Å². The van der Waals surface area contributed by atoms with Gasteiger partial charge in [-0.25, -0.2) is 0 Å². The summed E-state index contributed by atoms with van der Waals surface area (Å²) >= 11 is 1.86. The molecule has 14 heavy (non-hydrogen) atoms. The molecule has 1 aliphatic heterocycles. The molecule has 82 valence electrons. The van der Waals surface area contributed by atoms with Crippen LogP contribution in [0.25, 0.3) is 0 Å². The van der Waals surface area contributed by atoms with Gasteiger partial charge in [0.25, 0.3) is 0 Å². The van der Waals surface area contributed by atoms with Crippen molar-refractivity contribution in [2.45, 2.75) is 17.7 Å². The summed E-state index contributed by atoms with van der Waals surface area (Å²) in [6.45, 7) is 1.71. The third kappa shape index (κ3) is 3.48. The normalized spacial score (nSPS) is 18.7. The van der Waals surface area contributed by atoms with E-state index in [9.17, 15) is 4.79 Å². The first-order valence-electron chi connectivity index (χ1n) is 4.72. The second-order valence-corrected chi connectivity index (χ2v) is 4.59. The number of thioether (sulfide) groups is 1. The Balaban J connectivity index is 2.09. The highest BCUT2D eigenvalue weighted by Gasteiger charge is 2.21. The topological polar surface area (TPSA) is 47.6 Å². The molecular weight excluding hydrogens is 202 g/mol. The number of likely N-dealkylation sites (N-methyl/N-ethyl adjacent to an activating group) is 1. The van der Waals surface area contributed by atoms with Gasteiger partial charge in [-0.3, -0.25) is 4.79 Å². The highest BCUT2D eigenvalue weighted by Crippen LogP contribution is 2.20. The lowest BCUT2D eigenvalue weighted by Gasteiger charge is -2.25. The van der Waals surface area contributed by atoms with E-state index in [0.29, 0.717) is 5.25 Å². The fraction of sp³-hybridized carbons (Fsp3) is 0.889. The van der Waals surface area contributed by atoms with Crippen LogP contribution >= 0.6 is 11.8 Å². The molecule has 1 rings (SSSR count). The Hall–Kier alpha value is -0.260. The van der Waals surface area contributed by atoms with Crippen LogP contribution in [-0.4, -0.2) is 50.4 Å². The molecular formula is C9H17NO3S. The van der Waals surface area contributed by atoms with E-state index in [1.165, 1.54) is 7.11 Å². The average molecular weight is 219 g/mol. The lowest BCUT2D eigenvalue weighted by Crippen LogP contribution is -2.36. The van der Waals surface area contributed by atoms with E-state index in [1.807, 2.05) is 11.8 Å². The van der Waals surface area contributed by atoms with Gasteiger partial charge in [0.1, 0.15) is 6.04 Å². The quantitative estimate of drug-likeness (QED) is 0.650. The Bertz CT molecular complexity index is 185. The van der Waals surface area contributed by atoms with Crippen molar-refractivity contribution < 1.29 is 14.3 Å². The lowest BCUT2D eigenvalue weighted by atomic mass is 10.2. The van der Waals surface area contributed by atoms with Gasteiger partial charge < -0.3 is 14.8 Å². The largest absolute Gasteiger partial charge is 0.468 e. The molecule has 4 nitrogen and oxygen atoms in total. The molecule has 0 spiro atoms. The number of methoxy groups -OCH3 is 1. The summed E-state index contributed by atoms with van der Waals surface area (Å²) in [5.74, 6) is 0.784. The summed E-state index contributed by atoms with van der Waals surface area (Å²) in [7, 11) is 3.19. The molecule has 0 aromatic rings. The Labute approximate surface area is 88.7 Å². The second-order valence-electron chi connectivity index (χ2n) is 3.18. The van der Waals surface area contributed by atoms with E-state index in [4.69, 9.17) is 4.74 Å². The zero-order chi connectivity index (χ0) is 10.4. The van der Waals surface area contributed by atoms with Crippen molar-refractivity contribution in [1.29, 1.82) is 0 Å². The van der Waals surface area contributed by atoms with Crippen LogP contribution in [0.2, 0.25) is 0 Å². The van der Waals surface area contributed by atoms with Gasteiger partial charge in [-0.15, -0.1) is 0 Å². The molecule has 1 N–H and O–H groups in total. The molecule has 1 unspecified atom stereocenters. The van der Waals surface area contributed by atoms with Gasteiger partial charge in [-0.1, -0.05) is 0 Å². The van der Waals surface area contributed by atoms with Gasteiger partial charge in [0.2, 0.25) is 0 Å². The van der Waals surface area contributed by atoms with Gasteiger partial charge in [0.05, 0.1) is 25.6 Å². The number of nitrogens with one attached hydrogen (secondary N) is 1. The molecule has 0 amide bonds. The summed E-state index contributed by atoms with van der Waals surface area (Å²) in [6, 6.07) is -0.173. The fourth-order valence-corrected chi connectivity index (χ4v) is 2.28. The van der Waals surface area contributed by atoms with Crippen LogP contribution in [0.15, 0.2) is 0 Å². The molecule has 1 heterocycles. The molecule has 1 atom stereocenters. The summed E-state index contributed by atoms with van der Waals surface area (Å²) in [6.07, 6.45) is 0.810. The van der Waals surface area contributed by atoms with Crippen LogP contribution in [0.5, 0.6) is 0 Å². The van der Waals surface area contributed by atoms with Gasteiger partial charge in [0, 0.05) is 0 Å². The number of carbonyl (C=O) groups excluding carboxylic acids is 1. The number of hydrogen-bond donors (Lipinski definition) is 1. The van der Waals surface area contributed by atoms with Crippen LogP contribution in [-0.2, 0) is 14.3 Å². The summed E-state index contributed by atoms with van der Waals surface area (Å²) in [5.41, 5.74) is 0. The number of hydrogen-bond acceptors (Lipinski definition) is 5. The van der Waals surface area contributed by atoms with Crippen molar-refractivity contribution in [3.63, 3.8) is 0 Å². The molecule has 0 aliphatic carbocycles. The van der Waals surface area contributed by atoms with Crippen molar-refractivity contribution in [3.8, 4) is 0 Å². The first-order chi connectivity index (χ1) is 6.77. The minimum Gasteiger partial charge on any atom is -0.468 e. The SMILES string of the molecule is CNC(CCSC1COC1)C(=O)OC. The van der Waals surface area contributed by atoms with Gasteiger partial charge in [-0.05, 0) is 19.2 Å². The minimum absolute atomic E-state index is 0.173. The van der Waals surface area contributed by atoms with Crippen molar-refractivity contribution in [2.75, 3.05) is 33.1 Å². The predicted molar refractivity (Wildman–Crippen MR) is 56.5 cm³/mol. The molecule has 1 fully saturated rings. The van der Waals surface area contributed by atoms with E-state index < -0.39 is 0 Å². The van der Waals surface area contributed by atoms with Crippen molar-refractivity contribution >= 4 is 17.7 Å². The molecule has 0 radical (unpaired) electrons. The first-order valence-corrected chi connectivity index (χ1v) is 5.77. The van der Waals surface area contributed by atoms with E-state index >= 15 is 0 Å². The first kappa shape index (κ1) is 11.8. The van der Waals surface area contributed by atoms with E-state index in [1.54, 1.807) is 7.05 Å². The molecule has 1 saturated heterocycles. The van der Waals surface area contributed by atoms with Crippen LogP contribution < -0.4 is 5.32 Å². The smallest absolute Gasteiger partial charge is 0.322 e. The standard InChI is InChI=1S/C9H17NO3S/c1-10-8(9(11)12-2)3-4-14-7-5-13-6-7/h7-8,10H,3-6H2,1-2H3. The molecule has 1 aliphatic rings. The van der Waals surface area contributed by atoms with Crippen molar-refractivity contribution in [3.05, 3.63) is 0 Å². The second kappa shape index (κ2) is 6.27. The van der Waals surface area contributed by atoms with Crippen LogP contribution in [0.3, 0.4) is 0 Å². The van der Waals surface area contributed by atoms with Gasteiger partial charge in [-0.2, -0.15) is 11.8 Å². The van der Waals surface area contributed by atoms with E-state index in [-0.39, 0.29) is 12.0 Å².